The number of hydrogen-bond donors (Lipinski definition) is 2. The van der Waals surface area contributed by atoms with E-state index in [0.717, 1.165) is 26.2 Å². The van der Waals surface area contributed by atoms with Gasteiger partial charge in [-0.05, 0) is 19.4 Å². The average molecular weight is 234 g/mol. The average Bonchev–Trinajstić information content (AvgIpc) is 2.30. The summed E-state index contributed by atoms with van der Waals surface area (Å²) in [5.41, 5.74) is 0.473. The molecule has 0 amide bonds. The zero-order chi connectivity index (χ0) is 12.3. The van der Waals surface area contributed by atoms with Crippen LogP contribution < -0.4 is 5.32 Å². The van der Waals surface area contributed by atoms with E-state index in [-0.39, 0.29) is 6.04 Å². The summed E-state index contributed by atoms with van der Waals surface area (Å²) in [6.45, 7) is 7.77. The van der Waals surface area contributed by atoms with Gasteiger partial charge in [-0.25, -0.2) is 0 Å². The molecule has 1 saturated heterocycles. The molecular formula is C14H22N2O. The Balaban J connectivity index is 2.25. The van der Waals surface area contributed by atoms with Crippen LogP contribution in [0.5, 0.6) is 0 Å². The Morgan fingerprint density at radius 3 is 2.29 bits per heavy atom. The van der Waals surface area contributed by atoms with Gasteiger partial charge in [-0.3, -0.25) is 4.90 Å². The highest BCUT2D eigenvalue weighted by atomic mass is 16.3. The zero-order valence-corrected chi connectivity index (χ0v) is 10.7. The molecule has 94 valence electrons. The van der Waals surface area contributed by atoms with Crippen LogP contribution in [0, 0.1) is 0 Å². The molecule has 0 unspecified atom stereocenters. The number of aliphatic hydroxyl groups is 1. The Hall–Kier alpha value is -0.900. The standard InChI is InChI=1S/C14H22N2O/c1-14(2,17)13(12-6-4-3-5-7-12)16-10-8-15-9-11-16/h3-7,13,15,17H,8-11H2,1-2H3/t13-/m0/s1. The summed E-state index contributed by atoms with van der Waals surface area (Å²) >= 11 is 0. The molecular weight excluding hydrogens is 212 g/mol. The van der Waals surface area contributed by atoms with Crippen LogP contribution in [0.25, 0.3) is 0 Å². The molecule has 0 aromatic heterocycles. The lowest BCUT2D eigenvalue weighted by Crippen LogP contribution is -2.50. The molecule has 1 aliphatic rings. The van der Waals surface area contributed by atoms with Gasteiger partial charge in [0.1, 0.15) is 0 Å². The van der Waals surface area contributed by atoms with Gasteiger partial charge in [0.05, 0.1) is 11.6 Å². The number of benzene rings is 1. The van der Waals surface area contributed by atoms with Crippen LogP contribution in [0.3, 0.4) is 0 Å². The van der Waals surface area contributed by atoms with E-state index in [4.69, 9.17) is 0 Å². The highest BCUT2D eigenvalue weighted by Crippen LogP contribution is 2.31. The first-order valence-corrected chi connectivity index (χ1v) is 6.31. The Morgan fingerprint density at radius 2 is 1.76 bits per heavy atom. The predicted octanol–water partition coefficient (Wildman–Crippen LogP) is 1.40. The Kier molecular flexibility index (Phi) is 3.82. The topological polar surface area (TPSA) is 35.5 Å². The predicted molar refractivity (Wildman–Crippen MR) is 69.9 cm³/mol. The highest BCUT2D eigenvalue weighted by Gasteiger charge is 2.33. The maximum Gasteiger partial charge on any atom is 0.0787 e. The summed E-state index contributed by atoms with van der Waals surface area (Å²) < 4.78 is 0. The van der Waals surface area contributed by atoms with E-state index in [0.29, 0.717) is 0 Å². The van der Waals surface area contributed by atoms with Crippen molar-refractivity contribution in [3.05, 3.63) is 35.9 Å². The summed E-state index contributed by atoms with van der Waals surface area (Å²) in [5, 5.41) is 13.8. The summed E-state index contributed by atoms with van der Waals surface area (Å²) in [4.78, 5) is 2.37. The molecule has 3 nitrogen and oxygen atoms in total. The first-order chi connectivity index (χ1) is 8.09. The minimum atomic E-state index is -0.724. The lowest BCUT2D eigenvalue weighted by Gasteiger charge is -2.41. The first-order valence-electron chi connectivity index (χ1n) is 6.31. The fourth-order valence-corrected chi connectivity index (χ4v) is 2.64. The van der Waals surface area contributed by atoms with Gasteiger partial charge >= 0.3 is 0 Å². The van der Waals surface area contributed by atoms with Crippen molar-refractivity contribution in [3.63, 3.8) is 0 Å². The van der Waals surface area contributed by atoms with Crippen molar-refractivity contribution in [1.82, 2.24) is 10.2 Å². The van der Waals surface area contributed by atoms with E-state index in [1.165, 1.54) is 5.56 Å². The normalized spacial score (nSPS) is 20.2. The van der Waals surface area contributed by atoms with Crippen molar-refractivity contribution < 1.29 is 5.11 Å². The molecule has 0 saturated carbocycles. The Bertz CT molecular complexity index is 339. The van der Waals surface area contributed by atoms with Gasteiger partial charge < -0.3 is 10.4 Å². The molecule has 1 aliphatic heterocycles. The fourth-order valence-electron chi connectivity index (χ4n) is 2.64. The summed E-state index contributed by atoms with van der Waals surface area (Å²) in [7, 11) is 0. The van der Waals surface area contributed by atoms with Crippen LogP contribution >= 0.6 is 0 Å². The van der Waals surface area contributed by atoms with E-state index in [9.17, 15) is 5.11 Å². The number of piperazine rings is 1. The molecule has 0 bridgehead atoms. The molecule has 1 aromatic rings. The Labute approximate surface area is 103 Å². The molecule has 2 N–H and O–H groups in total. The van der Waals surface area contributed by atoms with Crippen molar-refractivity contribution in [2.75, 3.05) is 26.2 Å². The van der Waals surface area contributed by atoms with Crippen molar-refractivity contribution in [2.24, 2.45) is 0 Å². The molecule has 1 aromatic carbocycles. The number of nitrogens with zero attached hydrogens (tertiary/aromatic N) is 1. The summed E-state index contributed by atoms with van der Waals surface area (Å²) in [5.74, 6) is 0. The van der Waals surface area contributed by atoms with Crippen molar-refractivity contribution in [1.29, 1.82) is 0 Å². The van der Waals surface area contributed by atoms with Gasteiger partial charge in [0.2, 0.25) is 0 Å². The molecule has 17 heavy (non-hydrogen) atoms. The van der Waals surface area contributed by atoms with Gasteiger partial charge in [0, 0.05) is 26.2 Å². The van der Waals surface area contributed by atoms with Crippen molar-refractivity contribution in [3.8, 4) is 0 Å². The van der Waals surface area contributed by atoms with Gasteiger partial charge in [-0.1, -0.05) is 30.3 Å². The molecule has 0 spiro atoms. The lowest BCUT2D eigenvalue weighted by molar-refractivity contribution is -0.0256. The largest absolute Gasteiger partial charge is 0.388 e. The van der Waals surface area contributed by atoms with Crippen LogP contribution in [-0.4, -0.2) is 41.8 Å². The third kappa shape index (κ3) is 3.06. The second-order valence-electron chi connectivity index (χ2n) is 5.25. The minimum absolute atomic E-state index is 0.0748. The third-order valence-electron chi connectivity index (χ3n) is 3.30. The quantitative estimate of drug-likeness (QED) is 0.830. The second-order valence-corrected chi connectivity index (χ2v) is 5.25. The summed E-state index contributed by atoms with van der Waals surface area (Å²) in [6, 6.07) is 10.4. The van der Waals surface area contributed by atoms with E-state index in [1.54, 1.807) is 0 Å². The molecule has 1 fully saturated rings. The van der Waals surface area contributed by atoms with E-state index >= 15 is 0 Å². The van der Waals surface area contributed by atoms with Gasteiger partial charge in [-0.2, -0.15) is 0 Å². The van der Waals surface area contributed by atoms with Gasteiger partial charge in [0.15, 0.2) is 0 Å². The van der Waals surface area contributed by atoms with Crippen LogP contribution in [-0.2, 0) is 0 Å². The van der Waals surface area contributed by atoms with Crippen LogP contribution in [0.15, 0.2) is 30.3 Å². The lowest BCUT2D eigenvalue weighted by atomic mass is 9.90. The van der Waals surface area contributed by atoms with Gasteiger partial charge in [-0.15, -0.1) is 0 Å². The van der Waals surface area contributed by atoms with E-state index < -0.39 is 5.60 Å². The maximum atomic E-state index is 10.4. The molecule has 3 heteroatoms. The SMILES string of the molecule is CC(C)(O)[C@H](c1ccccc1)N1CCNCC1. The van der Waals surface area contributed by atoms with Crippen LogP contribution in [0.2, 0.25) is 0 Å². The number of rotatable bonds is 3. The second kappa shape index (κ2) is 5.17. The minimum Gasteiger partial charge on any atom is -0.388 e. The zero-order valence-electron chi connectivity index (χ0n) is 10.7. The fraction of sp³-hybridized carbons (Fsp3) is 0.571. The number of hydrogen-bond acceptors (Lipinski definition) is 3. The molecule has 2 rings (SSSR count). The van der Waals surface area contributed by atoms with E-state index in [2.05, 4.69) is 22.3 Å². The molecule has 0 aliphatic carbocycles. The summed E-state index contributed by atoms with van der Waals surface area (Å²) in [6.07, 6.45) is 0. The van der Waals surface area contributed by atoms with E-state index in [1.807, 2.05) is 32.0 Å². The smallest absolute Gasteiger partial charge is 0.0787 e. The van der Waals surface area contributed by atoms with Crippen molar-refractivity contribution >= 4 is 0 Å². The molecule has 0 radical (unpaired) electrons. The highest BCUT2D eigenvalue weighted by molar-refractivity contribution is 5.22. The number of nitrogens with one attached hydrogen (secondary N) is 1. The van der Waals surface area contributed by atoms with Crippen LogP contribution in [0.1, 0.15) is 25.5 Å². The molecule has 1 heterocycles. The first kappa shape index (κ1) is 12.6. The monoisotopic (exact) mass is 234 g/mol. The maximum absolute atomic E-state index is 10.4. The van der Waals surface area contributed by atoms with Crippen molar-refractivity contribution in [2.45, 2.75) is 25.5 Å². The molecule has 1 atom stereocenters. The van der Waals surface area contributed by atoms with Crippen LogP contribution in [0.4, 0.5) is 0 Å². The van der Waals surface area contributed by atoms with Gasteiger partial charge in [0.25, 0.3) is 0 Å². The Morgan fingerprint density at radius 1 is 1.18 bits per heavy atom. The third-order valence-corrected chi connectivity index (χ3v) is 3.30.